The lowest BCUT2D eigenvalue weighted by molar-refractivity contribution is 0.478. The summed E-state index contributed by atoms with van der Waals surface area (Å²) in [5, 5.41) is 0. The van der Waals surface area contributed by atoms with E-state index in [9.17, 15) is 8.42 Å². The third-order valence-corrected chi connectivity index (χ3v) is 3.05. The molecule has 2 aromatic rings. The Kier molecular flexibility index (Phi) is 2.93. The molecule has 1 aromatic heterocycles. The van der Waals surface area contributed by atoms with E-state index in [0.29, 0.717) is 13.0 Å². The van der Waals surface area contributed by atoms with Crippen molar-refractivity contribution < 1.29 is 13.0 Å². The number of aromatic nitrogens is 2. The molecule has 5 nitrogen and oxygen atoms in total. The predicted octanol–water partition coefficient (Wildman–Crippen LogP) is 1.11. The molecule has 0 fully saturated rings. The Morgan fingerprint density at radius 2 is 2.12 bits per heavy atom. The second kappa shape index (κ2) is 4.23. The van der Waals surface area contributed by atoms with Gasteiger partial charge in [-0.1, -0.05) is 12.1 Å². The van der Waals surface area contributed by atoms with Gasteiger partial charge in [-0.25, -0.2) is 4.98 Å². The van der Waals surface area contributed by atoms with Gasteiger partial charge < -0.3 is 4.57 Å². The van der Waals surface area contributed by atoms with Crippen LogP contribution in [-0.4, -0.2) is 28.3 Å². The predicted molar refractivity (Wildman–Crippen MR) is 59.6 cm³/mol. The minimum absolute atomic E-state index is 0.243. The molecule has 2 rings (SSSR count). The number of hydrogen-bond acceptors (Lipinski definition) is 3. The molecule has 1 radical (unpaired) electrons. The highest BCUT2D eigenvalue weighted by Gasteiger charge is 2.06. The van der Waals surface area contributed by atoms with Crippen LogP contribution >= 0.6 is 0 Å². The van der Waals surface area contributed by atoms with Gasteiger partial charge in [0, 0.05) is 6.54 Å². The average Bonchev–Trinajstić information content (AvgIpc) is 2.60. The lowest BCUT2D eigenvalue weighted by atomic mass is 10.3. The third-order valence-electron chi connectivity index (χ3n) is 2.25. The fourth-order valence-electron chi connectivity index (χ4n) is 1.53. The van der Waals surface area contributed by atoms with E-state index in [4.69, 9.17) is 4.55 Å². The highest BCUT2D eigenvalue weighted by molar-refractivity contribution is 7.85. The van der Waals surface area contributed by atoms with Gasteiger partial charge in [0.15, 0.2) is 6.33 Å². The Morgan fingerprint density at radius 3 is 2.88 bits per heavy atom. The van der Waals surface area contributed by atoms with Crippen LogP contribution < -0.4 is 0 Å². The fourth-order valence-corrected chi connectivity index (χ4v) is 2.02. The number of nitrogens with zero attached hydrogens (tertiary/aromatic N) is 2. The third kappa shape index (κ3) is 2.59. The van der Waals surface area contributed by atoms with Crippen molar-refractivity contribution in [3.63, 3.8) is 0 Å². The van der Waals surface area contributed by atoms with Crippen LogP contribution in [-0.2, 0) is 16.7 Å². The molecular formula is C10H11N2O3S. The number of hydrogen-bond donors (Lipinski definition) is 1. The van der Waals surface area contributed by atoms with Gasteiger partial charge in [0.1, 0.15) is 0 Å². The Labute approximate surface area is 93.5 Å². The summed E-state index contributed by atoms with van der Waals surface area (Å²) >= 11 is 0. The summed E-state index contributed by atoms with van der Waals surface area (Å²) in [5.74, 6) is -0.243. The molecule has 1 aromatic carbocycles. The molecule has 0 saturated heterocycles. The van der Waals surface area contributed by atoms with E-state index in [1.54, 1.807) is 4.57 Å². The second-order valence-electron chi connectivity index (χ2n) is 3.49. The molecule has 0 aliphatic heterocycles. The first-order chi connectivity index (χ1) is 7.56. The van der Waals surface area contributed by atoms with Crippen LogP contribution in [0.15, 0.2) is 24.3 Å². The molecular weight excluding hydrogens is 228 g/mol. The highest BCUT2D eigenvalue weighted by atomic mass is 32.2. The number of fused-ring (bicyclic) bond motifs is 1. The van der Waals surface area contributed by atoms with Gasteiger partial charge in [0.05, 0.1) is 16.8 Å². The molecule has 1 N–H and O–H groups in total. The van der Waals surface area contributed by atoms with Gasteiger partial charge in [0.25, 0.3) is 10.1 Å². The normalized spacial score (nSPS) is 12.1. The summed E-state index contributed by atoms with van der Waals surface area (Å²) in [6.45, 7) is 0.473. The largest absolute Gasteiger partial charge is 0.321 e. The molecule has 16 heavy (non-hydrogen) atoms. The van der Waals surface area contributed by atoms with Gasteiger partial charge in [-0.05, 0) is 18.6 Å². The molecule has 0 unspecified atom stereocenters. The van der Waals surface area contributed by atoms with Crippen molar-refractivity contribution >= 4 is 21.2 Å². The maximum absolute atomic E-state index is 10.5. The minimum Gasteiger partial charge on any atom is -0.321 e. The quantitative estimate of drug-likeness (QED) is 0.811. The smallest absolute Gasteiger partial charge is 0.264 e. The van der Waals surface area contributed by atoms with E-state index in [2.05, 4.69) is 11.3 Å². The van der Waals surface area contributed by atoms with Crippen LogP contribution in [0.25, 0.3) is 11.0 Å². The first kappa shape index (κ1) is 11.1. The number of aryl methyl sites for hydroxylation is 1. The highest BCUT2D eigenvalue weighted by Crippen LogP contribution is 2.11. The topological polar surface area (TPSA) is 72.2 Å². The van der Waals surface area contributed by atoms with Gasteiger partial charge in [-0.3, -0.25) is 4.55 Å². The number of rotatable bonds is 4. The lowest BCUT2D eigenvalue weighted by Crippen LogP contribution is -2.07. The van der Waals surface area contributed by atoms with Crippen LogP contribution in [0.5, 0.6) is 0 Å². The maximum atomic E-state index is 10.5. The van der Waals surface area contributed by atoms with Crippen molar-refractivity contribution in [3.05, 3.63) is 30.6 Å². The van der Waals surface area contributed by atoms with Crippen molar-refractivity contribution in [2.75, 3.05) is 5.75 Å². The SMILES string of the molecule is O=S(=O)(O)CCCn1[c]nc2ccccc21. The van der Waals surface area contributed by atoms with Crippen LogP contribution in [0.4, 0.5) is 0 Å². The molecule has 0 aliphatic carbocycles. The van der Waals surface area contributed by atoms with Crippen LogP contribution in [0.2, 0.25) is 0 Å². The zero-order valence-corrected chi connectivity index (χ0v) is 9.31. The van der Waals surface area contributed by atoms with Crippen molar-refractivity contribution in [3.8, 4) is 0 Å². The monoisotopic (exact) mass is 239 g/mol. The first-order valence-corrected chi connectivity index (χ1v) is 6.45. The lowest BCUT2D eigenvalue weighted by Gasteiger charge is -2.01. The Balaban J connectivity index is 2.10. The van der Waals surface area contributed by atoms with Gasteiger partial charge in [-0.15, -0.1) is 0 Å². The molecule has 1 heterocycles. The summed E-state index contributed by atoms with van der Waals surface area (Å²) in [6, 6.07) is 7.53. The average molecular weight is 239 g/mol. The maximum Gasteiger partial charge on any atom is 0.264 e. The van der Waals surface area contributed by atoms with Crippen LogP contribution in [0.3, 0.4) is 0 Å². The molecule has 0 saturated carbocycles. The first-order valence-electron chi connectivity index (χ1n) is 4.84. The van der Waals surface area contributed by atoms with E-state index in [-0.39, 0.29) is 5.75 Å². The Morgan fingerprint density at radius 1 is 1.38 bits per heavy atom. The summed E-state index contributed by atoms with van der Waals surface area (Å²) < 4.78 is 31.4. The Bertz CT molecular complexity index is 589. The van der Waals surface area contributed by atoms with Crippen LogP contribution in [0.1, 0.15) is 6.42 Å². The zero-order valence-electron chi connectivity index (χ0n) is 8.50. The van der Waals surface area contributed by atoms with Crippen molar-refractivity contribution in [1.82, 2.24) is 9.55 Å². The summed E-state index contributed by atoms with van der Waals surface area (Å²) in [4.78, 5) is 4.06. The van der Waals surface area contributed by atoms with E-state index in [0.717, 1.165) is 11.0 Å². The van der Waals surface area contributed by atoms with E-state index in [1.165, 1.54) is 0 Å². The molecule has 6 heteroatoms. The van der Waals surface area contributed by atoms with Crippen LogP contribution in [0, 0.1) is 6.33 Å². The molecule has 0 bridgehead atoms. The standard InChI is InChI=1S/C10H11N2O3S/c13-16(14,15)7-3-6-12-8-11-9-4-1-2-5-10(9)12/h1-2,4-5H,3,6-7H2,(H,13,14,15). The minimum atomic E-state index is -3.88. The number of para-hydroxylation sites is 2. The summed E-state index contributed by atoms with van der Waals surface area (Å²) in [6.07, 6.45) is 3.13. The Hall–Kier alpha value is -1.40. The molecule has 0 atom stereocenters. The van der Waals surface area contributed by atoms with Crippen molar-refractivity contribution in [2.24, 2.45) is 0 Å². The second-order valence-corrected chi connectivity index (χ2v) is 5.06. The molecule has 0 aliphatic rings. The molecule has 0 spiro atoms. The van der Waals surface area contributed by atoms with Gasteiger partial charge in [-0.2, -0.15) is 8.42 Å². The number of imidazole rings is 1. The fraction of sp³-hybridized carbons (Fsp3) is 0.300. The summed E-state index contributed by atoms with van der Waals surface area (Å²) in [5.41, 5.74) is 1.74. The molecule has 0 amide bonds. The van der Waals surface area contributed by atoms with E-state index >= 15 is 0 Å². The van der Waals surface area contributed by atoms with E-state index < -0.39 is 10.1 Å². The van der Waals surface area contributed by atoms with E-state index in [1.807, 2.05) is 24.3 Å². The zero-order chi connectivity index (χ0) is 11.6. The van der Waals surface area contributed by atoms with Crippen molar-refractivity contribution in [2.45, 2.75) is 13.0 Å². The van der Waals surface area contributed by atoms with Crippen molar-refractivity contribution in [1.29, 1.82) is 0 Å². The summed E-state index contributed by atoms with van der Waals surface area (Å²) in [7, 11) is -3.88. The number of benzene rings is 1. The van der Waals surface area contributed by atoms with Gasteiger partial charge in [0.2, 0.25) is 0 Å². The molecule has 85 valence electrons. The van der Waals surface area contributed by atoms with Gasteiger partial charge >= 0.3 is 0 Å².